The highest BCUT2D eigenvalue weighted by atomic mass is 32.2. The lowest BCUT2D eigenvalue weighted by atomic mass is 10.1. The summed E-state index contributed by atoms with van der Waals surface area (Å²) in [7, 11) is -1.17. The van der Waals surface area contributed by atoms with Gasteiger partial charge in [0.05, 0.1) is 33.4 Å². The zero-order valence-corrected chi connectivity index (χ0v) is 18.0. The molecule has 0 spiro atoms. The number of carbonyl (C=O) groups is 2. The van der Waals surface area contributed by atoms with Crippen molar-refractivity contribution in [1.29, 1.82) is 0 Å². The van der Waals surface area contributed by atoms with Crippen LogP contribution in [0.4, 0.5) is 0 Å². The van der Waals surface area contributed by atoms with Gasteiger partial charge in [-0.25, -0.2) is 8.42 Å². The first-order valence-corrected chi connectivity index (χ1v) is 10.8. The Balaban J connectivity index is 2.35. The summed E-state index contributed by atoms with van der Waals surface area (Å²) in [6, 6.07) is 4.32. The van der Waals surface area contributed by atoms with Gasteiger partial charge >= 0.3 is 5.97 Å². The first-order valence-electron chi connectivity index (χ1n) is 9.39. The molecule has 0 N–H and O–H groups in total. The molecule has 1 saturated heterocycles. The largest absolute Gasteiger partial charge is 0.495 e. The van der Waals surface area contributed by atoms with E-state index in [2.05, 4.69) is 0 Å². The van der Waals surface area contributed by atoms with Gasteiger partial charge in [0.25, 0.3) is 5.91 Å². The summed E-state index contributed by atoms with van der Waals surface area (Å²) in [6.45, 7) is 5.09. The molecule has 0 saturated carbocycles. The van der Waals surface area contributed by atoms with Crippen molar-refractivity contribution in [2.75, 3.05) is 53.6 Å². The van der Waals surface area contributed by atoms with Crippen LogP contribution in [0.1, 0.15) is 24.2 Å². The third-order valence-corrected chi connectivity index (χ3v) is 6.69. The number of morpholine rings is 1. The van der Waals surface area contributed by atoms with Gasteiger partial charge in [0.1, 0.15) is 10.6 Å². The Morgan fingerprint density at radius 1 is 1.24 bits per heavy atom. The van der Waals surface area contributed by atoms with Gasteiger partial charge in [0.15, 0.2) is 0 Å². The van der Waals surface area contributed by atoms with Crippen LogP contribution in [0.25, 0.3) is 0 Å². The topological polar surface area (TPSA) is 102 Å². The highest BCUT2D eigenvalue weighted by Crippen LogP contribution is 2.29. The molecule has 0 aliphatic carbocycles. The fraction of sp³-hybridized carbons (Fsp3) is 0.579. The van der Waals surface area contributed by atoms with E-state index >= 15 is 0 Å². The number of rotatable bonds is 8. The van der Waals surface area contributed by atoms with Crippen molar-refractivity contribution in [2.24, 2.45) is 5.92 Å². The molecule has 0 aromatic heterocycles. The maximum atomic E-state index is 13.1. The minimum atomic E-state index is -3.85. The third-order valence-electron chi connectivity index (χ3n) is 4.77. The number of esters is 1. The highest BCUT2D eigenvalue weighted by Gasteiger charge is 2.31. The molecular formula is C19H28N2O7S. The number of sulfonamides is 1. The molecule has 1 unspecified atom stereocenters. The second-order valence-corrected chi connectivity index (χ2v) is 8.56. The summed E-state index contributed by atoms with van der Waals surface area (Å²) >= 11 is 0. The molecule has 9 nitrogen and oxygen atoms in total. The molecule has 162 valence electrons. The van der Waals surface area contributed by atoms with Crippen molar-refractivity contribution < 1.29 is 32.2 Å². The summed E-state index contributed by atoms with van der Waals surface area (Å²) in [5.74, 6) is -1.12. The molecular weight excluding hydrogens is 400 g/mol. The fourth-order valence-corrected chi connectivity index (χ4v) is 4.67. The zero-order chi connectivity index (χ0) is 21.6. The summed E-state index contributed by atoms with van der Waals surface area (Å²) in [4.78, 5) is 26.1. The predicted octanol–water partition coefficient (Wildman–Crippen LogP) is 0.987. The molecule has 1 aliphatic heterocycles. The van der Waals surface area contributed by atoms with Crippen LogP contribution in [-0.4, -0.2) is 83.1 Å². The molecule has 1 atom stereocenters. The van der Waals surface area contributed by atoms with Gasteiger partial charge in [-0.2, -0.15) is 4.31 Å². The number of amides is 1. The van der Waals surface area contributed by atoms with E-state index in [1.807, 2.05) is 0 Å². The fourth-order valence-electron chi connectivity index (χ4n) is 3.08. The van der Waals surface area contributed by atoms with Crippen LogP contribution in [0.2, 0.25) is 0 Å². The molecule has 29 heavy (non-hydrogen) atoms. The van der Waals surface area contributed by atoms with E-state index in [9.17, 15) is 18.0 Å². The monoisotopic (exact) mass is 428 g/mol. The number of methoxy groups -OCH3 is 2. The first kappa shape index (κ1) is 23.1. The van der Waals surface area contributed by atoms with E-state index in [0.717, 1.165) is 0 Å². The van der Waals surface area contributed by atoms with Crippen LogP contribution >= 0.6 is 0 Å². The lowest BCUT2D eigenvalue weighted by Crippen LogP contribution is -2.41. The predicted molar refractivity (Wildman–Crippen MR) is 105 cm³/mol. The van der Waals surface area contributed by atoms with E-state index in [4.69, 9.17) is 14.2 Å². The van der Waals surface area contributed by atoms with E-state index in [1.54, 1.807) is 13.8 Å². The Bertz CT molecular complexity index is 835. The van der Waals surface area contributed by atoms with E-state index in [1.165, 1.54) is 41.6 Å². The second-order valence-electron chi connectivity index (χ2n) is 6.65. The zero-order valence-electron chi connectivity index (χ0n) is 17.2. The average molecular weight is 429 g/mol. The molecule has 0 radical (unpaired) electrons. The van der Waals surface area contributed by atoms with Crippen LogP contribution in [0.15, 0.2) is 23.1 Å². The molecule has 2 rings (SSSR count). The quantitative estimate of drug-likeness (QED) is 0.569. The number of nitrogens with zero attached hydrogens (tertiary/aromatic N) is 2. The number of hydrogen-bond acceptors (Lipinski definition) is 7. The Hall–Kier alpha value is -2.17. The molecule has 10 heteroatoms. The van der Waals surface area contributed by atoms with Crippen molar-refractivity contribution in [3.8, 4) is 5.75 Å². The molecule has 1 amide bonds. The van der Waals surface area contributed by atoms with Crippen LogP contribution in [0, 0.1) is 5.92 Å². The van der Waals surface area contributed by atoms with Gasteiger partial charge in [0.2, 0.25) is 10.0 Å². The SMILES string of the molecule is CCN(CC(C)C(=O)OC)C(=O)c1ccc(OC)c(S(=O)(=O)N2CCOCC2)c1. The molecule has 1 fully saturated rings. The average Bonchev–Trinajstić information content (AvgIpc) is 2.76. The lowest BCUT2D eigenvalue weighted by molar-refractivity contribution is -0.145. The minimum absolute atomic E-state index is 0.0650. The van der Waals surface area contributed by atoms with Crippen LogP contribution in [-0.2, 0) is 24.3 Å². The van der Waals surface area contributed by atoms with Crippen molar-refractivity contribution in [1.82, 2.24) is 9.21 Å². The van der Waals surface area contributed by atoms with E-state index in [0.29, 0.717) is 19.8 Å². The molecule has 1 aromatic rings. The third kappa shape index (κ3) is 5.26. The number of benzene rings is 1. The normalized spacial score (nSPS) is 16.1. The van der Waals surface area contributed by atoms with E-state index in [-0.39, 0.29) is 41.7 Å². The smallest absolute Gasteiger partial charge is 0.310 e. The standard InChI is InChI=1S/C19H28N2O7S/c1-5-20(13-14(2)19(23)27-4)18(22)15-6-7-16(26-3)17(12-15)29(24,25)21-8-10-28-11-9-21/h6-7,12,14H,5,8-11,13H2,1-4H3. The van der Waals surface area contributed by atoms with Gasteiger partial charge in [-0.05, 0) is 25.1 Å². The van der Waals surface area contributed by atoms with Crippen molar-refractivity contribution in [2.45, 2.75) is 18.7 Å². The van der Waals surface area contributed by atoms with Gasteiger partial charge < -0.3 is 19.1 Å². The summed E-state index contributed by atoms with van der Waals surface area (Å²) in [6.07, 6.45) is 0. The minimum Gasteiger partial charge on any atom is -0.495 e. The van der Waals surface area contributed by atoms with Gasteiger partial charge in [-0.3, -0.25) is 9.59 Å². The molecule has 0 bridgehead atoms. The van der Waals surface area contributed by atoms with Crippen LogP contribution < -0.4 is 4.74 Å². The lowest BCUT2D eigenvalue weighted by Gasteiger charge is -2.27. The van der Waals surface area contributed by atoms with Gasteiger partial charge in [0, 0.05) is 31.7 Å². The Morgan fingerprint density at radius 3 is 2.45 bits per heavy atom. The summed E-state index contributed by atoms with van der Waals surface area (Å²) < 4.78 is 42.7. The number of ether oxygens (including phenoxy) is 3. The molecule has 1 heterocycles. The maximum Gasteiger partial charge on any atom is 0.310 e. The molecule has 1 aromatic carbocycles. The first-order chi connectivity index (χ1) is 13.8. The number of carbonyl (C=O) groups excluding carboxylic acids is 2. The summed E-state index contributed by atoms with van der Waals surface area (Å²) in [5.41, 5.74) is 0.205. The maximum absolute atomic E-state index is 13.1. The number of hydrogen-bond donors (Lipinski definition) is 0. The molecule has 1 aliphatic rings. The van der Waals surface area contributed by atoms with Crippen molar-refractivity contribution in [3.05, 3.63) is 23.8 Å². The van der Waals surface area contributed by atoms with Crippen molar-refractivity contribution >= 4 is 21.9 Å². The van der Waals surface area contributed by atoms with Gasteiger partial charge in [-0.1, -0.05) is 6.92 Å². The Kier molecular flexibility index (Phi) is 8.00. The van der Waals surface area contributed by atoms with Crippen molar-refractivity contribution in [3.63, 3.8) is 0 Å². The van der Waals surface area contributed by atoms with Crippen LogP contribution in [0.5, 0.6) is 5.75 Å². The van der Waals surface area contributed by atoms with Gasteiger partial charge in [-0.15, -0.1) is 0 Å². The Morgan fingerprint density at radius 2 is 1.90 bits per heavy atom. The van der Waals surface area contributed by atoms with E-state index < -0.39 is 21.9 Å². The Labute approximate surface area is 171 Å². The highest BCUT2D eigenvalue weighted by molar-refractivity contribution is 7.89. The van der Waals surface area contributed by atoms with Crippen LogP contribution in [0.3, 0.4) is 0 Å². The second kappa shape index (κ2) is 10.0. The summed E-state index contributed by atoms with van der Waals surface area (Å²) in [5, 5.41) is 0.